The highest BCUT2D eigenvalue weighted by molar-refractivity contribution is 6.30. The number of hydrogen-bond donors (Lipinski definition) is 0. The highest BCUT2D eigenvalue weighted by Gasteiger charge is 2.30. The van der Waals surface area contributed by atoms with Crippen LogP contribution in [0.5, 0.6) is 0 Å². The number of hydrogen-bond acceptors (Lipinski definition) is 4. The van der Waals surface area contributed by atoms with Crippen molar-refractivity contribution in [2.75, 3.05) is 6.54 Å². The van der Waals surface area contributed by atoms with E-state index >= 15 is 0 Å². The third-order valence-corrected chi connectivity index (χ3v) is 5.28. The van der Waals surface area contributed by atoms with Crippen LogP contribution in [0.2, 0.25) is 5.02 Å². The van der Waals surface area contributed by atoms with Gasteiger partial charge in [-0.25, -0.2) is 4.79 Å². The summed E-state index contributed by atoms with van der Waals surface area (Å²) in [6, 6.07) is 9.77. The molecule has 1 aliphatic heterocycles. The fourth-order valence-corrected chi connectivity index (χ4v) is 3.93. The van der Waals surface area contributed by atoms with Crippen LogP contribution in [0.15, 0.2) is 42.7 Å². The molecule has 1 amide bonds. The number of aromatic nitrogens is 3. The molecule has 0 saturated heterocycles. The first kappa shape index (κ1) is 20.4. The van der Waals surface area contributed by atoms with E-state index in [4.69, 9.17) is 21.4 Å². The molecule has 30 heavy (non-hydrogen) atoms. The van der Waals surface area contributed by atoms with Crippen molar-refractivity contribution in [2.24, 2.45) is 0 Å². The minimum Gasteiger partial charge on any atom is -0.444 e. The zero-order valence-electron chi connectivity index (χ0n) is 17.6. The summed E-state index contributed by atoms with van der Waals surface area (Å²) in [5, 5.41) is 5.63. The van der Waals surface area contributed by atoms with Gasteiger partial charge in [-0.1, -0.05) is 17.7 Å². The van der Waals surface area contributed by atoms with Crippen LogP contribution < -0.4 is 0 Å². The molecule has 0 atom stereocenters. The van der Waals surface area contributed by atoms with Gasteiger partial charge in [0.2, 0.25) is 0 Å². The molecule has 3 heterocycles. The molecule has 0 bridgehead atoms. The van der Waals surface area contributed by atoms with E-state index in [1.54, 1.807) is 17.3 Å². The molecule has 2 aromatic heterocycles. The second kappa shape index (κ2) is 7.76. The van der Waals surface area contributed by atoms with Gasteiger partial charge in [0.25, 0.3) is 0 Å². The van der Waals surface area contributed by atoms with E-state index in [-0.39, 0.29) is 6.09 Å². The Morgan fingerprint density at radius 3 is 2.53 bits per heavy atom. The van der Waals surface area contributed by atoms with Crippen molar-refractivity contribution in [3.05, 3.63) is 59.0 Å². The van der Waals surface area contributed by atoms with E-state index in [9.17, 15) is 4.79 Å². The molecule has 0 spiro atoms. The molecule has 0 N–H and O–H groups in total. The van der Waals surface area contributed by atoms with Crippen molar-refractivity contribution in [2.45, 2.75) is 46.4 Å². The van der Waals surface area contributed by atoms with Gasteiger partial charge in [-0.15, -0.1) is 0 Å². The summed E-state index contributed by atoms with van der Waals surface area (Å²) in [4.78, 5) is 18.6. The number of pyridine rings is 1. The molecule has 156 valence electrons. The van der Waals surface area contributed by atoms with Gasteiger partial charge < -0.3 is 9.64 Å². The van der Waals surface area contributed by atoms with E-state index in [2.05, 4.69) is 4.98 Å². The number of nitrogens with zero attached hydrogens (tertiary/aromatic N) is 4. The topological polar surface area (TPSA) is 60.2 Å². The van der Waals surface area contributed by atoms with Gasteiger partial charge in [-0.2, -0.15) is 5.10 Å². The third-order valence-electron chi connectivity index (χ3n) is 5.04. The van der Waals surface area contributed by atoms with Crippen molar-refractivity contribution >= 4 is 17.7 Å². The number of carbonyl (C=O) groups excluding carboxylic acids is 1. The van der Waals surface area contributed by atoms with Crippen LogP contribution in [0.3, 0.4) is 0 Å². The standard InChI is InChI=1S/C23H25ClN4O2/c1-15-13-17(24)5-6-18(15)21-20(16-7-9-25-10-8-16)19-14-27(11-12-28(19)26-21)22(29)30-23(2,3)4/h5-10,13H,11-12,14H2,1-4H3. The second-order valence-electron chi connectivity index (χ2n) is 8.49. The minimum absolute atomic E-state index is 0.306. The first-order valence-electron chi connectivity index (χ1n) is 9.97. The first-order chi connectivity index (χ1) is 14.2. The van der Waals surface area contributed by atoms with Crippen molar-refractivity contribution in [1.29, 1.82) is 0 Å². The van der Waals surface area contributed by atoms with Crippen LogP contribution in [0, 0.1) is 6.92 Å². The monoisotopic (exact) mass is 424 g/mol. The van der Waals surface area contributed by atoms with E-state index in [1.165, 1.54) is 0 Å². The summed E-state index contributed by atoms with van der Waals surface area (Å²) < 4.78 is 7.59. The highest BCUT2D eigenvalue weighted by Crippen LogP contribution is 2.38. The number of aryl methyl sites for hydroxylation is 1. The number of benzene rings is 1. The number of rotatable bonds is 2. The predicted octanol–water partition coefficient (Wildman–Crippen LogP) is 5.32. The van der Waals surface area contributed by atoms with Gasteiger partial charge in [0, 0.05) is 35.1 Å². The lowest BCUT2D eigenvalue weighted by atomic mass is 9.96. The molecule has 1 aliphatic rings. The summed E-state index contributed by atoms with van der Waals surface area (Å²) in [5.41, 5.74) is 5.44. The quantitative estimate of drug-likeness (QED) is 0.558. The molecular weight excluding hydrogens is 400 g/mol. The van der Waals surface area contributed by atoms with Gasteiger partial charge in [0.15, 0.2) is 0 Å². The highest BCUT2D eigenvalue weighted by atomic mass is 35.5. The van der Waals surface area contributed by atoms with Crippen LogP contribution in [0.1, 0.15) is 32.0 Å². The fraction of sp³-hybridized carbons (Fsp3) is 0.348. The van der Waals surface area contributed by atoms with Crippen molar-refractivity contribution in [1.82, 2.24) is 19.7 Å². The largest absolute Gasteiger partial charge is 0.444 e. The summed E-state index contributed by atoms with van der Waals surface area (Å²) >= 11 is 6.18. The molecule has 7 heteroatoms. The Labute approximate surface area is 181 Å². The molecule has 6 nitrogen and oxygen atoms in total. The Morgan fingerprint density at radius 2 is 1.87 bits per heavy atom. The Morgan fingerprint density at radius 1 is 1.13 bits per heavy atom. The molecule has 0 aliphatic carbocycles. The van der Waals surface area contributed by atoms with E-state index in [0.717, 1.165) is 33.6 Å². The number of halogens is 1. The number of fused-ring (bicyclic) bond motifs is 1. The minimum atomic E-state index is -0.533. The Hall–Kier alpha value is -2.86. The molecule has 0 saturated carbocycles. The Bertz CT molecular complexity index is 1090. The average Bonchev–Trinajstić information content (AvgIpc) is 3.05. The molecule has 4 rings (SSSR count). The molecular formula is C23H25ClN4O2. The van der Waals surface area contributed by atoms with E-state index in [1.807, 2.05) is 62.7 Å². The predicted molar refractivity (Wildman–Crippen MR) is 117 cm³/mol. The molecule has 0 unspecified atom stereocenters. The van der Waals surface area contributed by atoms with Gasteiger partial charge in [-0.05, 0) is 63.1 Å². The van der Waals surface area contributed by atoms with Gasteiger partial charge in [0.05, 0.1) is 18.8 Å². The van der Waals surface area contributed by atoms with Crippen LogP contribution >= 0.6 is 11.6 Å². The normalized spacial score (nSPS) is 13.8. The summed E-state index contributed by atoms with van der Waals surface area (Å²) in [6.45, 7) is 9.27. The second-order valence-corrected chi connectivity index (χ2v) is 8.93. The van der Waals surface area contributed by atoms with Crippen LogP contribution in [0.25, 0.3) is 22.4 Å². The third kappa shape index (κ3) is 4.05. The van der Waals surface area contributed by atoms with Gasteiger partial charge in [-0.3, -0.25) is 9.67 Å². The van der Waals surface area contributed by atoms with Crippen LogP contribution in [-0.4, -0.2) is 37.9 Å². The van der Waals surface area contributed by atoms with Crippen molar-refractivity contribution in [3.8, 4) is 22.4 Å². The van der Waals surface area contributed by atoms with E-state index in [0.29, 0.717) is 24.7 Å². The number of carbonyl (C=O) groups is 1. The van der Waals surface area contributed by atoms with E-state index < -0.39 is 5.60 Å². The molecule has 1 aromatic carbocycles. The Balaban J connectivity index is 1.81. The van der Waals surface area contributed by atoms with Crippen molar-refractivity contribution < 1.29 is 9.53 Å². The van der Waals surface area contributed by atoms with Gasteiger partial charge in [0.1, 0.15) is 11.3 Å². The maximum atomic E-state index is 12.7. The maximum Gasteiger partial charge on any atom is 0.410 e. The number of amides is 1. The van der Waals surface area contributed by atoms with Crippen LogP contribution in [0.4, 0.5) is 4.79 Å². The molecule has 0 radical (unpaired) electrons. The zero-order valence-corrected chi connectivity index (χ0v) is 18.4. The van der Waals surface area contributed by atoms with Crippen molar-refractivity contribution in [3.63, 3.8) is 0 Å². The first-order valence-corrected chi connectivity index (χ1v) is 10.4. The molecule has 3 aromatic rings. The maximum absolute atomic E-state index is 12.7. The molecule has 0 fully saturated rings. The van der Waals surface area contributed by atoms with Crippen LogP contribution in [-0.2, 0) is 17.8 Å². The lowest BCUT2D eigenvalue weighted by Gasteiger charge is -2.30. The smallest absolute Gasteiger partial charge is 0.410 e. The summed E-state index contributed by atoms with van der Waals surface area (Å²) in [5.74, 6) is 0. The zero-order chi connectivity index (χ0) is 21.5. The summed E-state index contributed by atoms with van der Waals surface area (Å²) in [7, 11) is 0. The number of ether oxygens (including phenoxy) is 1. The average molecular weight is 425 g/mol. The summed E-state index contributed by atoms with van der Waals surface area (Å²) in [6.07, 6.45) is 3.23. The lowest BCUT2D eigenvalue weighted by Crippen LogP contribution is -2.41. The lowest BCUT2D eigenvalue weighted by molar-refractivity contribution is 0.0195. The van der Waals surface area contributed by atoms with Gasteiger partial charge >= 0.3 is 6.09 Å². The fourth-order valence-electron chi connectivity index (χ4n) is 3.70. The Kier molecular flexibility index (Phi) is 5.28. The SMILES string of the molecule is Cc1cc(Cl)ccc1-c1nn2c(c1-c1ccncc1)CN(C(=O)OC(C)(C)C)CC2.